The minimum atomic E-state index is -3.37. The molecular weight excluding hydrogens is 426 g/mol. The van der Waals surface area contributed by atoms with Gasteiger partial charge in [0.2, 0.25) is 5.82 Å². The smallest absolute Gasteiger partial charge is 0.336 e. The second-order valence-corrected chi connectivity index (χ2v) is 9.30. The molecule has 12 heteroatoms. The number of carbonyl (C=O) groups excluding carboxylic acids is 1. The second kappa shape index (κ2) is 9.79. The van der Waals surface area contributed by atoms with E-state index >= 15 is 0 Å². The summed E-state index contributed by atoms with van der Waals surface area (Å²) in [5.41, 5.74) is 0.0303. The van der Waals surface area contributed by atoms with Gasteiger partial charge in [-0.25, -0.2) is 18.4 Å². The Hall–Kier alpha value is -3.12. The molecule has 2 heterocycles. The molecule has 3 rings (SSSR count). The molecule has 2 N–H and O–H groups in total. The van der Waals surface area contributed by atoms with Crippen LogP contribution in [-0.4, -0.2) is 49.1 Å². The highest BCUT2D eigenvalue weighted by Crippen LogP contribution is 2.36. The Kier molecular flexibility index (Phi) is 7.13. The molecule has 1 aromatic carbocycles. The van der Waals surface area contributed by atoms with Crippen molar-refractivity contribution >= 4 is 33.5 Å². The van der Waals surface area contributed by atoms with Gasteiger partial charge in [0, 0.05) is 11.9 Å². The fraction of sp³-hybridized carbons (Fsp3) is 0.421. The molecule has 1 unspecified atom stereocenters. The maximum Gasteiger partial charge on any atom is 0.336 e. The van der Waals surface area contributed by atoms with Crippen molar-refractivity contribution in [1.29, 1.82) is 0 Å². The Balaban J connectivity index is 1.92. The number of benzene rings is 1. The minimum absolute atomic E-state index is 0.0147. The standard InChI is InChI=1S/C19H23N5O6S/c1-31(28,29)15-4-2-14(3-5-15)23-19-18(24(26)27)17(21-11-22-19)16(30-12-25)10-13-6-8-20-9-7-13/h2-5,11-13,16,20H,6-10H2,1H3,(H,21,22,23). The summed E-state index contributed by atoms with van der Waals surface area (Å²) in [4.78, 5) is 30.5. The molecule has 0 amide bonds. The Bertz CT molecular complexity index is 1040. The molecule has 0 aliphatic carbocycles. The quantitative estimate of drug-likeness (QED) is 0.330. The van der Waals surface area contributed by atoms with E-state index in [0.717, 1.165) is 32.2 Å². The lowest BCUT2D eigenvalue weighted by atomic mass is 9.90. The molecule has 0 spiro atoms. The lowest BCUT2D eigenvalue weighted by Gasteiger charge is -2.25. The number of piperidine rings is 1. The van der Waals surface area contributed by atoms with Gasteiger partial charge in [0.25, 0.3) is 6.47 Å². The van der Waals surface area contributed by atoms with Gasteiger partial charge in [-0.1, -0.05) is 0 Å². The number of aromatic nitrogens is 2. The molecule has 166 valence electrons. The molecule has 1 saturated heterocycles. The van der Waals surface area contributed by atoms with E-state index < -0.39 is 26.6 Å². The fourth-order valence-corrected chi connectivity index (χ4v) is 4.17. The predicted octanol–water partition coefficient (Wildman–Crippen LogP) is 2.14. The summed E-state index contributed by atoms with van der Waals surface area (Å²) in [6.07, 6.45) is 3.54. The van der Waals surface area contributed by atoms with Crippen LogP contribution in [0.15, 0.2) is 35.5 Å². The Morgan fingerprint density at radius 1 is 1.29 bits per heavy atom. The summed E-state index contributed by atoms with van der Waals surface area (Å²) < 4.78 is 28.4. The number of nitro groups is 1. The van der Waals surface area contributed by atoms with Crippen LogP contribution < -0.4 is 10.6 Å². The zero-order valence-electron chi connectivity index (χ0n) is 16.9. The molecule has 1 aliphatic heterocycles. The van der Waals surface area contributed by atoms with Crippen LogP contribution in [-0.2, 0) is 19.4 Å². The van der Waals surface area contributed by atoms with E-state index in [4.69, 9.17) is 4.74 Å². The van der Waals surface area contributed by atoms with Crippen molar-refractivity contribution in [2.75, 3.05) is 24.7 Å². The highest BCUT2D eigenvalue weighted by atomic mass is 32.2. The van der Waals surface area contributed by atoms with Crippen molar-refractivity contribution in [3.05, 3.63) is 46.4 Å². The van der Waals surface area contributed by atoms with E-state index in [0.29, 0.717) is 12.1 Å². The first-order valence-corrected chi connectivity index (χ1v) is 11.5. The minimum Gasteiger partial charge on any atom is -0.458 e. The van der Waals surface area contributed by atoms with Gasteiger partial charge in [-0.2, -0.15) is 0 Å². The zero-order chi connectivity index (χ0) is 22.4. The van der Waals surface area contributed by atoms with Crippen LogP contribution in [0.5, 0.6) is 0 Å². The first-order valence-electron chi connectivity index (χ1n) is 9.66. The zero-order valence-corrected chi connectivity index (χ0v) is 17.7. The molecule has 31 heavy (non-hydrogen) atoms. The van der Waals surface area contributed by atoms with Crippen LogP contribution in [0.25, 0.3) is 0 Å². The SMILES string of the molecule is CS(=O)(=O)c1ccc(Nc2ncnc(C(CC3CCNCC3)OC=O)c2[N+](=O)[O-])cc1. The maximum absolute atomic E-state index is 11.9. The molecular formula is C19H23N5O6S. The number of sulfone groups is 1. The van der Waals surface area contributed by atoms with Crippen molar-refractivity contribution in [1.82, 2.24) is 15.3 Å². The van der Waals surface area contributed by atoms with Gasteiger partial charge in [0.05, 0.1) is 9.82 Å². The molecule has 1 atom stereocenters. The van der Waals surface area contributed by atoms with E-state index in [9.17, 15) is 23.3 Å². The Morgan fingerprint density at radius 2 is 1.97 bits per heavy atom. The normalized spacial score (nSPS) is 15.8. The van der Waals surface area contributed by atoms with Crippen molar-refractivity contribution in [2.24, 2.45) is 5.92 Å². The van der Waals surface area contributed by atoms with Crippen molar-refractivity contribution in [3.8, 4) is 0 Å². The third-order valence-corrected chi connectivity index (χ3v) is 6.24. The summed E-state index contributed by atoms with van der Waals surface area (Å²) in [5, 5.41) is 18.0. The molecule has 0 bridgehead atoms. The van der Waals surface area contributed by atoms with Gasteiger partial charge < -0.3 is 15.4 Å². The van der Waals surface area contributed by atoms with Gasteiger partial charge >= 0.3 is 5.69 Å². The van der Waals surface area contributed by atoms with Crippen LogP contribution in [0.1, 0.15) is 31.1 Å². The van der Waals surface area contributed by atoms with Crippen molar-refractivity contribution in [3.63, 3.8) is 0 Å². The first-order chi connectivity index (χ1) is 14.8. The number of anilines is 2. The molecule has 11 nitrogen and oxygen atoms in total. The molecule has 0 saturated carbocycles. The number of nitrogens with zero attached hydrogens (tertiary/aromatic N) is 3. The molecule has 1 fully saturated rings. The second-order valence-electron chi connectivity index (χ2n) is 7.28. The summed E-state index contributed by atoms with van der Waals surface area (Å²) >= 11 is 0. The molecule has 1 aromatic heterocycles. The van der Waals surface area contributed by atoms with E-state index in [-0.39, 0.29) is 28.8 Å². The molecule has 2 aromatic rings. The summed E-state index contributed by atoms with van der Waals surface area (Å²) in [6, 6.07) is 5.74. The highest BCUT2D eigenvalue weighted by Gasteiger charge is 2.32. The lowest BCUT2D eigenvalue weighted by Crippen LogP contribution is -2.29. The van der Waals surface area contributed by atoms with Gasteiger partial charge in [-0.05, 0) is 62.5 Å². The molecule has 1 aliphatic rings. The summed E-state index contributed by atoms with van der Waals surface area (Å²) in [6.45, 7) is 1.94. The van der Waals surface area contributed by atoms with Crippen LogP contribution in [0.2, 0.25) is 0 Å². The Morgan fingerprint density at radius 3 is 2.55 bits per heavy atom. The number of ether oxygens (including phenoxy) is 1. The third kappa shape index (κ3) is 5.73. The van der Waals surface area contributed by atoms with Crippen LogP contribution in [0.3, 0.4) is 0 Å². The van der Waals surface area contributed by atoms with E-state index in [1.165, 1.54) is 30.6 Å². The number of hydrogen-bond donors (Lipinski definition) is 2. The van der Waals surface area contributed by atoms with Crippen LogP contribution >= 0.6 is 0 Å². The van der Waals surface area contributed by atoms with Crippen LogP contribution in [0, 0.1) is 16.0 Å². The maximum atomic E-state index is 11.9. The van der Waals surface area contributed by atoms with Crippen molar-refractivity contribution < 1.29 is 22.9 Å². The van der Waals surface area contributed by atoms with Crippen LogP contribution in [0.4, 0.5) is 17.2 Å². The largest absolute Gasteiger partial charge is 0.458 e. The highest BCUT2D eigenvalue weighted by molar-refractivity contribution is 7.90. The van der Waals surface area contributed by atoms with Gasteiger partial charge in [0.1, 0.15) is 6.33 Å². The monoisotopic (exact) mass is 449 g/mol. The van der Waals surface area contributed by atoms with E-state index in [1.807, 2.05) is 0 Å². The number of hydrogen-bond acceptors (Lipinski definition) is 10. The van der Waals surface area contributed by atoms with Gasteiger partial charge in [-0.3, -0.25) is 14.9 Å². The average Bonchev–Trinajstić information content (AvgIpc) is 2.73. The Labute approximate surface area is 179 Å². The number of carbonyl (C=O) groups is 1. The lowest BCUT2D eigenvalue weighted by molar-refractivity contribution is -0.385. The number of rotatable bonds is 9. The summed E-state index contributed by atoms with van der Waals surface area (Å²) in [5.74, 6) is 0.160. The molecule has 0 radical (unpaired) electrons. The first kappa shape index (κ1) is 22.6. The van der Waals surface area contributed by atoms with Gasteiger partial charge in [-0.15, -0.1) is 0 Å². The average molecular weight is 449 g/mol. The van der Waals surface area contributed by atoms with Crippen molar-refractivity contribution in [2.45, 2.75) is 30.3 Å². The third-order valence-electron chi connectivity index (χ3n) is 5.11. The predicted molar refractivity (Wildman–Crippen MR) is 112 cm³/mol. The van der Waals surface area contributed by atoms with Gasteiger partial charge in [0.15, 0.2) is 21.6 Å². The number of nitrogens with one attached hydrogen (secondary N) is 2. The topological polar surface area (TPSA) is 153 Å². The van der Waals surface area contributed by atoms with E-state index in [1.54, 1.807) is 0 Å². The fourth-order valence-electron chi connectivity index (χ4n) is 3.54. The summed E-state index contributed by atoms with van der Waals surface area (Å²) in [7, 11) is -3.37. The van der Waals surface area contributed by atoms with E-state index in [2.05, 4.69) is 20.6 Å².